The van der Waals surface area contributed by atoms with Crippen molar-refractivity contribution < 1.29 is 17.8 Å². The van der Waals surface area contributed by atoms with Gasteiger partial charge in [-0.25, -0.2) is 0 Å². The lowest BCUT2D eigenvalue weighted by Gasteiger charge is -1.95. The zero-order valence-electron chi connectivity index (χ0n) is 5.58. The summed E-state index contributed by atoms with van der Waals surface area (Å²) in [5.41, 5.74) is 0. The van der Waals surface area contributed by atoms with Crippen LogP contribution in [0.15, 0.2) is 0 Å². The van der Waals surface area contributed by atoms with E-state index in [1.54, 1.807) is 0 Å². The van der Waals surface area contributed by atoms with E-state index in [0.29, 0.717) is 0 Å². The average molecular weight is 202 g/mol. The molecule has 11 heavy (non-hydrogen) atoms. The van der Waals surface area contributed by atoms with E-state index in [4.69, 9.17) is 16.3 Å². The third-order valence-corrected chi connectivity index (χ3v) is 1.93. The van der Waals surface area contributed by atoms with Crippen LogP contribution in [0.4, 0.5) is 0 Å². The van der Waals surface area contributed by atoms with Crippen molar-refractivity contribution in [1.82, 2.24) is 4.84 Å². The van der Waals surface area contributed by atoms with Crippen molar-refractivity contribution >= 4 is 27.8 Å². The molecule has 1 amide bonds. The van der Waals surface area contributed by atoms with Gasteiger partial charge in [-0.15, -0.1) is 0 Å². The van der Waals surface area contributed by atoms with Gasteiger partial charge in [-0.1, -0.05) is 0 Å². The SMILES string of the molecule is O=C(CCCS(=O)(=O)O)NCl. The van der Waals surface area contributed by atoms with Gasteiger partial charge in [0.1, 0.15) is 0 Å². The monoisotopic (exact) mass is 201 g/mol. The Kier molecular flexibility index (Phi) is 4.39. The molecule has 5 nitrogen and oxygen atoms in total. The Morgan fingerprint density at radius 1 is 1.55 bits per heavy atom. The maximum atomic E-state index is 10.4. The summed E-state index contributed by atoms with van der Waals surface area (Å²) < 4.78 is 28.4. The zero-order chi connectivity index (χ0) is 8.91. The van der Waals surface area contributed by atoms with E-state index in [1.807, 2.05) is 4.84 Å². The molecule has 0 aliphatic rings. The van der Waals surface area contributed by atoms with Crippen molar-refractivity contribution in [3.63, 3.8) is 0 Å². The molecule has 0 rings (SSSR count). The molecule has 7 heteroatoms. The van der Waals surface area contributed by atoms with Gasteiger partial charge in [-0.05, 0) is 6.42 Å². The lowest BCUT2D eigenvalue weighted by Crippen LogP contribution is -2.14. The maximum absolute atomic E-state index is 10.4. The Bertz CT molecular complexity index is 224. The first-order valence-corrected chi connectivity index (χ1v) is 4.79. The lowest BCUT2D eigenvalue weighted by molar-refractivity contribution is -0.119. The molecule has 0 spiro atoms. The summed E-state index contributed by atoms with van der Waals surface area (Å²) in [5.74, 6) is -0.882. The summed E-state index contributed by atoms with van der Waals surface area (Å²) in [5, 5.41) is 0. The number of halogens is 1. The highest BCUT2D eigenvalue weighted by atomic mass is 35.5. The van der Waals surface area contributed by atoms with E-state index < -0.39 is 21.8 Å². The number of amides is 1. The van der Waals surface area contributed by atoms with E-state index in [0.717, 1.165) is 0 Å². The van der Waals surface area contributed by atoms with Gasteiger partial charge in [-0.3, -0.25) is 14.2 Å². The Hall–Kier alpha value is -0.330. The number of carbonyl (C=O) groups excluding carboxylic acids is 1. The quantitative estimate of drug-likeness (QED) is 0.493. The van der Waals surface area contributed by atoms with Crippen LogP contribution in [0.1, 0.15) is 12.8 Å². The second kappa shape index (κ2) is 4.53. The van der Waals surface area contributed by atoms with Crippen molar-refractivity contribution in [2.45, 2.75) is 12.8 Å². The number of hydrogen-bond donors (Lipinski definition) is 2. The topological polar surface area (TPSA) is 83.5 Å². The first-order chi connectivity index (χ1) is 4.95. The molecule has 0 saturated heterocycles. The van der Waals surface area contributed by atoms with Crippen molar-refractivity contribution in [3.05, 3.63) is 0 Å². The minimum Gasteiger partial charge on any atom is -0.286 e. The van der Waals surface area contributed by atoms with Gasteiger partial charge in [0, 0.05) is 18.2 Å². The second-order valence-corrected chi connectivity index (χ2v) is 3.67. The average Bonchev–Trinajstić information content (AvgIpc) is 1.85. The van der Waals surface area contributed by atoms with Crippen molar-refractivity contribution in [1.29, 1.82) is 0 Å². The number of nitrogens with one attached hydrogen (secondary N) is 1. The number of hydrogen-bond acceptors (Lipinski definition) is 3. The Balaban J connectivity index is 3.51. The predicted octanol–water partition coefficient (Wildman–Crippen LogP) is -0.0756. The summed E-state index contributed by atoms with van der Waals surface area (Å²) in [6.45, 7) is 0. The second-order valence-electron chi connectivity index (χ2n) is 1.91. The molecule has 0 unspecified atom stereocenters. The van der Waals surface area contributed by atoms with Crippen LogP contribution < -0.4 is 4.84 Å². The van der Waals surface area contributed by atoms with Gasteiger partial charge >= 0.3 is 0 Å². The predicted molar refractivity (Wildman–Crippen MR) is 39.6 cm³/mol. The molecule has 0 heterocycles. The molecule has 0 aliphatic heterocycles. The van der Waals surface area contributed by atoms with E-state index in [9.17, 15) is 13.2 Å². The minimum absolute atomic E-state index is 0.0106. The Morgan fingerprint density at radius 2 is 2.09 bits per heavy atom. The molecular weight excluding hydrogens is 194 g/mol. The van der Waals surface area contributed by atoms with Crippen LogP contribution in [0.2, 0.25) is 0 Å². The highest BCUT2D eigenvalue weighted by Gasteiger charge is 2.05. The van der Waals surface area contributed by atoms with Crippen LogP contribution in [0, 0.1) is 0 Å². The summed E-state index contributed by atoms with van der Waals surface area (Å²) >= 11 is 4.89. The normalized spacial score (nSPS) is 11.1. The first kappa shape index (κ1) is 10.7. The fourth-order valence-corrected chi connectivity index (χ4v) is 1.07. The molecule has 0 aliphatic carbocycles. The lowest BCUT2D eigenvalue weighted by atomic mass is 10.3. The minimum atomic E-state index is -3.95. The molecule has 2 N–H and O–H groups in total. The van der Waals surface area contributed by atoms with E-state index >= 15 is 0 Å². The van der Waals surface area contributed by atoms with Crippen LogP contribution in [-0.2, 0) is 14.9 Å². The molecule has 0 bridgehead atoms. The van der Waals surface area contributed by atoms with Crippen LogP contribution in [0.3, 0.4) is 0 Å². The first-order valence-electron chi connectivity index (χ1n) is 2.80. The highest BCUT2D eigenvalue weighted by Crippen LogP contribution is 1.93. The molecule has 0 aromatic heterocycles. The number of rotatable bonds is 4. The third-order valence-electron chi connectivity index (χ3n) is 0.912. The van der Waals surface area contributed by atoms with Crippen molar-refractivity contribution in [2.24, 2.45) is 0 Å². The zero-order valence-corrected chi connectivity index (χ0v) is 7.15. The van der Waals surface area contributed by atoms with Gasteiger partial charge in [-0.2, -0.15) is 8.42 Å². The molecule has 0 atom stereocenters. The number of carbonyl (C=O) groups is 1. The molecule has 0 radical (unpaired) electrons. The molecule has 66 valence electrons. The smallest absolute Gasteiger partial charge is 0.264 e. The largest absolute Gasteiger partial charge is 0.286 e. The molecule has 0 aromatic carbocycles. The maximum Gasteiger partial charge on any atom is 0.264 e. The molecule has 0 saturated carbocycles. The van der Waals surface area contributed by atoms with Crippen LogP contribution in [0.5, 0.6) is 0 Å². The van der Waals surface area contributed by atoms with E-state index in [1.165, 1.54) is 0 Å². The summed E-state index contributed by atoms with van der Waals surface area (Å²) in [6.07, 6.45) is 0.0562. The van der Waals surface area contributed by atoms with Gasteiger partial charge in [0.25, 0.3) is 10.1 Å². The summed E-state index contributed by atoms with van der Waals surface area (Å²) in [6, 6.07) is 0. The summed E-state index contributed by atoms with van der Waals surface area (Å²) in [7, 11) is -3.95. The Labute approximate surface area is 69.6 Å². The van der Waals surface area contributed by atoms with Crippen molar-refractivity contribution in [3.8, 4) is 0 Å². The van der Waals surface area contributed by atoms with Crippen LogP contribution in [-0.4, -0.2) is 24.6 Å². The third kappa shape index (κ3) is 7.57. The van der Waals surface area contributed by atoms with Crippen molar-refractivity contribution in [2.75, 3.05) is 5.75 Å². The van der Waals surface area contributed by atoms with Crippen LogP contribution in [0.25, 0.3) is 0 Å². The molecule has 0 aromatic rings. The molecule has 0 fully saturated rings. The van der Waals surface area contributed by atoms with Gasteiger partial charge < -0.3 is 0 Å². The fraction of sp³-hybridized carbons (Fsp3) is 0.750. The van der Waals surface area contributed by atoms with Gasteiger partial charge in [0.05, 0.1) is 5.75 Å². The van der Waals surface area contributed by atoms with Crippen LogP contribution >= 0.6 is 11.8 Å². The van der Waals surface area contributed by atoms with Gasteiger partial charge in [0.2, 0.25) is 5.91 Å². The standard InChI is InChI=1S/C4H8ClNO4S/c5-6-4(7)2-1-3-11(8,9)10/h1-3H2,(H,6,7)(H,8,9,10). The van der Waals surface area contributed by atoms with E-state index in [2.05, 4.69) is 0 Å². The van der Waals surface area contributed by atoms with Gasteiger partial charge in [0.15, 0.2) is 0 Å². The molecular formula is C4H8ClNO4S. The Morgan fingerprint density at radius 3 is 2.45 bits per heavy atom. The van der Waals surface area contributed by atoms with E-state index in [-0.39, 0.29) is 12.8 Å². The summed E-state index contributed by atoms with van der Waals surface area (Å²) in [4.78, 5) is 12.2. The highest BCUT2D eigenvalue weighted by molar-refractivity contribution is 7.85. The fourth-order valence-electron chi connectivity index (χ4n) is 0.462.